The number of methoxy groups -OCH3 is 1. The molecule has 0 heterocycles. The lowest BCUT2D eigenvalue weighted by atomic mass is 10.1. The van der Waals surface area contributed by atoms with Gasteiger partial charge in [-0.2, -0.15) is 0 Å². The second-order valence-electron chi connectivity index (χ2n) is 5.68. The van der Waals surface area contributed by atoms with Gasteiger partial charge in [-0.1, -0.05) is 17.7 Å². The summed E-state index contributed by atoms with van der Waals surface area (Å²) in [7, 11) is 1.62. The molecule has 2 amide bonds. The maximum atomic E-state index is 12.0. The quantitative estimate of drug-likeness (QED) is 0.793. The van der Waals surface area contributed by atoms with Crippen LogP contribution in [0.15, 0.2) is 36.4 Å². The molecule has 5 nitrogen and oxygen atoms in total. The summed E-state index contributed by atoms with van der Waals surface area (Å²) >= 11 is 0. The average molecular weight is 328 g/mol. The number of anilines is 1. The first-order chi connectivity index (χ1) is 11.5. The molecule has 2 aromatic carbocycles. The van der Waals surface area contributed by atoms with Crippen molar-refractivity contribution in [2.24, 2.45) is 0 Å². The van der Waals surface area contributed by atoms with Gasteiger partial charge in [-0.3, -0.25) is 0 Å². The third-order valence-corrected chi connectivity index (χ3v) is 3.63. The normalized spacial score (nSPS) is 10.2. The molecule has 0 unspecified atom stereocenters. The smallest absolute Gasteiger partial charge is 0.319 e. The maximum absolute atomic E-state index is 12.0. The van der Waals surface area contributed by atoms with Crippen LogP contribution in [0.25, 0.3) is 0 Å². The van der Waals surface area contributed by atoms with Crippen molar-refractivity contribution in [1.29, 1.82) is 0 Å². The van der Waals surface area contributed by atoms with Gasteiger partial charge in [-0.25, -0.2) is 4.79 Å². The zero-order valence-electron chi connectivity index (χ0n) is 14.6. The highest BCUT2D eigenvalue weighted by Crippen LogP contribution is 2.21. The highest BCUT2D eigenvalue weighted by molar-refractivity contribution is 5.91. The Morgan fingerprint density at radius 2 is 1.58 bits per heavy atom. The minimum absolute atomic E-state index is 0.233. The Labute approximate surface area is 143 Å². The molecule has 0 fully saturated rings. The molecule has 0 aliphatic carbocycles. The van der Waals surface area contributed by atoms with Gasteiger partial charge in [0.05, 0.1) is 13.7 Å². The van der Waals surface area contributed by atoms with Crippen LogP contribution in [-0.4, -0.2) is 26.3 Å². The van der Waals surface area contributed by atoms with Gasteiger partial charge in [-0.15, -0.1) is 0 Å². The SMILES string of the molecule is COc1ccc(OCCNC(=O)Nc2c(C)cc(C)cc2C)cc1. The highest BCUT2D eigenvalue weighted by atomic mass is 16.5. The van der Waals surface area contributed by atoms with Crippen LogP contribution in [-0.2, 0) is 0 Å². The topological polar surface area (TPSA) is 59.6 Å². The van der Waals surface area contributed by atoms with Crippen LogP contribution < -0.4 is 20.1 Å². The first-order valence-electron chi connectivity index (χ1n) is 7.89. The summed E-state index contributed by atoms with van der Waals surface area (Å²) in [4.78, 5) is 12.0. The molecular weight excluding hydrogens is 304 g/mol. The van der Waals surface area contributed by atoms with E-state index in [4.69, 9.17) is 9.47 Å². The molecule has 0 saturated carbocycles. The third-order valence-electron chi connectivity index (χ3n) is 3.63. The Morgan fingerprint density at radius 3 is 2.17 bits per heavy atom. The number of rotatable bonds is 6. The Morgan fingerprint density at radius 1 is 1.00 bits per heavy atom. The fourth-order valence-electron chi connectivity index (χ4n) is 2.54. The lowest BCUT2D eigenvalue weighted by Gasteiger charge is -2.14. The Hall–Kier alpha value is -2.69. The number of urea groups is 1. The van der Waals surface area contributed by atoms with Crippen molar-refractivity contribution in [3.63, 3.8) is 0 Å². The fourth-order valence-corrected chi connectivity index (χ4v) is 2.54. The van der Waals surface area contributed by atoms with Crippen LogP contribution in [0.4, 0.5) is 10.5 Å². The maximum Gasteiger partial charge on any atom is 0.319 e. The molecule has 128 valence electrons. The van der Waals surface area contributed by atoms with Gasteiger partial charge in [-0.05, 0) is 56.2 Å². The van der Waals surface area contributed by atoms with E-state index in [0.29, 0.717) is 13.2 Å². The molecule has 0 atom stereocenters. The van der Waals surface area contributed by atoms with Crippen molar-refractivity contribution in [3.8, 4) is 11.5 Å². The lowest BCUT2D eigenvalue weighted by Crippen LogP contribution is -2.32. The zero-order chi connectivity index (χ0) is 17.5. The molecule has 5 heteroatoms. The molecule has 0 bridgehead atoms. The van der Waals surface area contributed by atoms with E-state index in [2.05, 4.69) is 22.8 Å². The highest BCUT2D eigenvalue weighted by Gasteiger charge is 2.07. The van der Waals surface area contributed by atoms with E-state index in [1.807, 2.05) is 45.0 Å². The van der Waals surface area contributed by atoms with E-state index < -0.39 is 0 Å². The molecule has 2 aromatic rings. The molecule has 2 N–H and O–H groups in total. The standard InChI is InChI=1S/C19H24N2O3/c1-13-11-14(2)18(15(3)12-13)21-19(22)20-9-10-24-17-7-5-16(23-4)6-8-17/h5-8,11-12H,9-10H2,1-4H3,(H2,20,21,22). The van der Waals surface area contributed by atoms with Crippen LogP contribution in [0.1, 0.15) is 16.7 Å². The summed E-state index contributed by atoms with van der Waals surface area (Å²) in [6.07, 6.45) is 0. The van der Waals surface area contributed by atoms with Crippen molar-refractivity contribution in [2.75, 3.05) is 25.6 Å². The Bertz CT molecular complexity index is 673. The molecule has 0 spiro atoms. The summed E-state index contributed by atoms with van der Waals surface area (Å²) in [5, 5.41) is 5.69. The molecular formula is C19H24N2O3. The summed E-state index contributed by atoms with van der Waals surface area (Å²) in [5.74, 6) is 1.52. The number of hydrogen-bond acceptors (Lipinski definition) is 3. The number of carbonyl (C=O) groups excluding carboxylic acids is 1. The molecule has 0 saturated heterocycles. The van der Waals surface area contributed by atoms with Gasteiger partial charge in [0.15, 0.2) is 0 Å². The van der Waals surface area contributed by atoms with Gasteiger partial charge in [0, 0.05) is 5.69 Å². The van der Waals surface area contributed by atoms with E-state index in [-0.39, 0.29) is 6.03 Å². The number of hydrogen-bond donors (Lipinski definition) is 2. The predicted molar refractivity (Wildman–Crippen MR) is 96.2 cm³/mol. The van der Waals surface area contributed by atoms with Crippen LogP contribution >= 0.6 is 0 Å². The van der Waals surface area contributed by atoms with E-state index in [1.54, 1.807) is 7.11 Å². The third kappa shape index (κ3) is 4.91. The van der Waals surface area contributed by atoms with E-state index in [9.17, 15) is 4.79 Å². The molecule has 0 aliphatic rings. The first kappa shape index (κ1) is 17.7. The number of benzene rings is 2. The number of carbonyl (C=O) groups is 1. The van der Waals surface area contributed by atoms with Gasteiger partial charge in [0.1, 0.15) is 18.1 Å². The molecule has 0 radical (unpaired) electrons. The number of aryl methyl sites for hydroxylation is 3. The molecule has 24 heavy (non-hydrogen) atoms. The fraction of sp³-hybridized carbons (Fsp3) is 0.316. The molecule has 2 rings (SSSR count). The number of nitrogens with one attached hydrogen (secondary N) is 2. The molecule has 0 aliphatic heterocycles. The van der Waals surface area contributed by atoms with Crippen LogP contribution in [0.2, 0.25) is 0 Å². The number of amides is 2. The zero-order valence-corrected chi connectivity index (χ0v) is 14.6. The van der Waals surface area contributed by atoms with Gasteiger partial charge < -0.3 is 20.1 Å². The Balaban J connectivity index is 1.77. The van der Waals surface area contributed by atoms with Crippen molar-refractivity contribution < 1.29 is 14.3 Å². The summed E-state index contributed by atoms with van der Waals surface area (Å²) < 4.78 is 10.7. The number of ether oxygens (including phenoxy) is 2. The largest absolute Gasteiger partial charge is 0.497 e. The second kappa shape index (κ2) is 8.24. The van der Waals surface area contributed by atoms with Crippen LogP contribution in [0, 0.1) is 20.8 Å². The van der Waals surface area contributed by atoms with Gasteiger partial charge in [0.2, 0.25) is 0 Å². The predicted octanol–water partition coefficient (Wildman–Crippen LogP) is 3.82. The van der Waals surface area contributed by atoms with Gasteiger partial charge >= 0.3 is 6.03 Å². The van der Waals surface area contributed by atoms with Crippen LogP contribution in [0.5, 0.6) is 11.5 Å². The van der Waals surface area contributed by atoms with Crippen molar-refractivity contribution in [3.05, 3.63) is 53.1 Å². The van der Waals surface area contributed by atoms with Crippen molar-refractivity contribution in [1.82, 2.24) is 5.32 Å². The minimum Gasteiger partial charge on any atom is -0.497 e. The Kier molecular flexibility index (Phi) is 6.07. The van der Waals surface area contributed by atoms with Crippen molar-refractivity contribution >= 4 is 11.7 Å². The summed E-state index contributed by atoms with van der Waals surface area (Å²) in [6.45, 7) is 6.83. The monoisotopic (exact) mass is 328 g/mol. The lowest BCUT2D eigenvalue weighted by molar-refractivity contribution is 0.247. The van der Waals surface area contributed by atoms with E-state index >= 15 is 0 Å². The average Bonchev–Trinajstić information content (AvgIpc) is 2.55. The van der Waals surface area contributed by atoms with Crippen LogP contribution in [0.3, 0.4) is 0 Å². The minimum atomic E-state index is -0.233. The second-order valence-corrected chi connectivity index (χ2v) is 5.68. The molecule has 0 aromatic heterocycles. The first-order valence-corrected chi connectivity index (χ1v) is 7.89. The van der Waals surface area contributed by atoms with Gasteiger partial charge in [0.25, 0.3) is 0 Å². The van der Waals surface area contributed by atoms with E-state index in [0.717, 1.165) is 28.3 Å². The van der Waals surface area contributed by atoms with Crippen molar-refractivity contribution in [2.45, 2.75) is 20.8 Å². The summed E-state index contributed by atoms with van der Waals surface area (Å²) in [6, 6.07) is 11.2. The van der Waals surface area contributed by atoms with E-state index in [1.165, 1.54) is 5.56 Å². The summed E-state index contributed by atoms with van der Waals surface area (Å²) in [5.41, 5.74) is 4.15.